The highest BCUT2D eigenvalue weighted by Gasteiger charge is 2.25. The molecule has 138 valence electrons. The zero-order valence-corrected chi connectivity index (χ0v) is 15.2. The van der Waals surface area contributed by atoms with Crippen molar-refractivity contribution in [3.05, 3.63) is 41.2 Å². The summed E-state index contributed by atoms with van der Waals surface area (Å²) in [5.41, 5.74) is 3.39. The quantitative estimate of drug-likeness (QED) is 0.886. The molecule has 26 heavy (non-hydrogen) atoms. The summed E-state index contributed by atoms with van der Waals surface area (Å²) in [6, 6.07) is 6.15. The van der Waals surface area contributed by atoms with Gasteiger partial charge in [-0.3, -0.25) is 9.48 Å². The van der Waals surface area contributed by atoms with Gasteiger partial charge in [-0.1, -0.05) is 12.1 Å². The Kier molecular flexibility index (Phi) is 4.55. The number of benzene rings is 1. The summed E-state index contributed by atoms with van der Waals surface area (Å²) in [5, 5.41) is 8.30. The third-order valence-corrected chi connectivity index (χ3v) is 4.95. The van der Waals surface area contributed by atoms with Crippen LogP contribution in [0.3, 0.4) is 0 Å². The number of carbonyl (C=O) groups is 1. The number of para-hydroxylation sites is 1. The number of nitrogens with one attached hydrogen (secondary N) is 1. The van der Waals surface area contributed by atoms with E-state index in [-0.39, 0.29) is 25.3 Å². The standard InChI is InChI=1S/C19H24N4O3/c1-22(2)17(24)11-23-10-14-6-3-7-15(18(14)21-23)20-9-13-5-4-8-16-19(13)26-12-25-16/h4-5,8,10,15,20H,3,6-7,9,11-12H2,1-2H3/t15-/m0/s1. The summed E-state index contributed by atoms with van der Waals surface area (Å²) in [6.45, 7) is 1.26. The van der Waals surface area contributed by atoms with Crippen LogP contribution in [0, 0.1) is 0 Å². The molecule has 1 aliphatic carbocycles. The molecule has 4 rings (SSSR count). The van der Waals surface area contributed by atoms with Crippen molar-refractivity contribution < 1.29 is 14.3 Å². The fourth-order valence-electron chi connectivity index (χ4n) is 3.52. The van der Waals surface area contributed by atoms with Crippen molar-refractivity contribution >= 4 is 5.91 Å². The van der Waals surface area contributed by atoms with Gasteiger partial charge in [-0.15, -0.1) is 0 Å². The van der Waals surface area contributed by atoms with Crippen LogP contribution in [0.15, 0.2) is 24.4 Å². The zero-order valence-electron chi connectivity index (χ0n) is 15.2. The minimum Gasteiger partial charge on any atom is -0.454 e. The summed E-state index contributed by atoms with van der Waals surface area (Å²) in [5.74, 6) is 1.68. The number of ether oxygens (including phenoxy) is 2. The van der Waals surface area contributed by atoms with Crippen molar-refractivity contribution in [3.63, 3.8) is 0 Å². The van der Waals surface area contributed by atoms with E-state index in [1.807, 2.05) is 18.3 Å². The van der Waals surface area contributed by atoms with Gasteiger partial charge in [0.1, 0.15) is 6.54 Å². The first kappa shape index (κ1) is 16.9. The number of rotatable bonds is 5. The van der Waals surface area contributed by atoms with Crippen LogP contribution in [0.25, 0.3) is 0 Å². The fraction of sp³-hybridized carbons (Fsp3) is 0.474. The van der Waals surface area contributed by atoms with Gasteiger partial charge < -0.3 is 19.7 Å². The molecule has 1 aromatic carbocycles. The van der Waals surface area contributed by atoms with Gasteiger partial charge in [0.2, 0.25) is 12.7 Å². The Bertz CT molecular complexity index is 815. The third kappa shape index (κ3) is 3.26. The van der Waals surface area contributed by atoms with Crippen molar-refractivity contribution in [2.24, 2.45) is 0 Å². The first-order chi connectivity index (χ1) is 12.6. The number of likely N-dealkylation sites (N-methyl/N-ethyl adjacent to an activating group) is 1. The lowest BCUT2D eigenvalue weighted by Crippen LogP contribution is -2.27. The zero-order chi connectivity index (χ0) is 18.1. The Morgan fingerprint density at radius 2 is 2.27 bits per heavy atom. The number of carbonyl (C=O) groups excluding carboxylic acids is 1. The monoisotopic (exact) mass is 356 g/mol. The lowest BCUT2D eigenvalue weighted by molar-refractivity contribution is -0.129. The summed E-state index contributed by atoms with van der Waals surface area (Å²) in [7, 11) is 3.53. The second-order valence-corrected chi connectivity index (χ2v) is 7.00. The molecule has 1 aromatic heterocycles. The van der Waals surface area contributed by atoms with Gasteiger partial charge in [-0.2, -0.15) is 5.10 Å². The van der Waals surface area contributed by atoms with Crippen molar-refractivity contribution in [2.45, 2.75) is 38.4 Å². The molecule has 2 heterocycles. The van der Waals surface area contributed by atoms with Crippen LogP contribution < -0.4 is 14.8 Å². The lowest BCUT2D eigenvalue weighted by atomic mass is 9.93. The SMILES string of the molecule is CN(C)C(=O)Cn1cc2c(n1)[C@@H](NCc1cccc3c1OCO3)CCC2. The summed E-state index contributed by atoms with van der Waals surface area (Å²) < 4.78 is 12.8. The predicted octanol–water partition coefficient (Wildman–Crippen LogP) is 1.87. The van der Waals surface area contributed by atoms with Crippen LogP contribution in [0.2, 0.25) is 0 Å². The van der Waals surface area contributed by atoms with E-state index in [2.05, 4.69) is 11.4 Å². The molecule has 1 amide bonds. The molecule has 0 radical (unpaired) electrons. The smallest absolute Gasteiger partial charge is 0.243 e. The van der Waals surface area contributed by atoms with Crippen LogP contribution in [-0.2, 0) is 24.3 Å². The molecule has 1 aliphatic heterocycles. The number of hydrogen-bond acceptors (Lipinski definition) is 5. The molecule has 0 saturated heterocycles. The van der Waals surface area contributed by atoms with E-state index >= 15 is 0 Å². The molecule has 7 nitrogen and oxygen atoms in total. The molecule has 0 bridgehead atoms. The highest BCUT2D eigenvalue weighted by molar-refractivity contribution is 5.75. The Labute approximate surface area is 152 Å². The van der Waals surface area contributed by atoms with E-state index in [1.165, 1.54) is 5.56 Å². The van der Waals surface area contributed by atoms with Gasteiger partial charge >= 0.3 is 0 Å². The van der Waals surface area contributed by atoms with Gasteiger partial charge in [0.05, 0.1) is 11.7 Å². The maximum absolute atomic E-state index is 11.9. The van der Waals surface area contributed by atoms with E-state index < -0.39 is 0 Å². The number of fused-ring (bicyclic) bond motifs is 2. The van der Waals surface area contributed by atoms with Crippen LogP contribution >= 0.6 is 0 Å². The molecule has 0 unspecified atom stereocenters. The molecule has 7 heteroatoms. The average molecular weight is 356 g/mol. The highest BCUT2D eigenvalue weighted by atomic mass is 16.7. The van der Waals surface area contributed by atoms with Gasteiger partial charge in [-0.25, -0.2) is 0 Å². The minimum absolute atomic E-state index is 0.0475. The summed E-state index contributed by atoms with van der Waals surface area (Å²) in [6.07, 6.45) is 5.19. The molecular formula is C19H24N4O3. The van der Waals surface area contributed by atoms with Gasteiger partial charge in [-0.05, 0) is 30.9 Å². The summed E-state index contributed by atoms with van der Waals surface area (Å²) in [4.78, 5) is 13.5. The van der Waals surface area contributed by atoms with Crippen LogP contribution in [0.1, 0.15) is 35.7 Å². The van der Waals surface area contributed by atoms with E-state index in [4.69, 9.17) is 14.6 Å². The van der Waals surface area contributed by atoms with Gasteiger partial charge in [0.15, 0.2) is 11.5 Å². The Balaban J connectivity index is 1.47. The van der Waals surface area contributed by atoms with E-state index in [0.29, 0.717) is 6.54 Å². The molecule has 2 aliphatic rings. The number of aryl methyl sites for hydroxylation is 1. The van der Waals surface area contributed by atoms with Crippen LogP contribution in [0.4, 0.5) is 0 Å². The number of hydrogen-bond donors (Lipinski definition) is 1. The predicted molar refractivity (Wildman–Crippen MR) is 96.0 cm³/mol. The van der Waals surface area contributed by atoms with Gasteiger partial charge in [0.25, 0.3) is 0 Å². The topological polar surface area (TPSA) is 68.6 Å². The number of aromatic nitrogens is 2. The molecular weight excluding hydrogens is 332 g/mol. The van der Waals surface area contributed by atoms with E-state index in [0.717, 1.165) is 42.0 Å². The maximum Gasteiger partial charge on any atom is 0.243 e. The minimum atomic E-state index is 0.0475. The fourth-order valence-corrected chi connectivity index (χ4v) is 3.52. The normalized spacial score (nSPS) is 17.8. The average Bonchev–Trinajstić information content (AvgIpc) is 3.26. The second-order valence-electron chi connectivity index (χ2n) is 7.00. The first-order valence-electron chi connectivity index (χ1n) is 8.99. The summed E-state index contributed by atoms with van der Waals surface area (Å²) >= 11 is 0. The first-order valence-corrected chi connectivity index (χ1v) is 8.99. The van der Waals surface area contributed by atoms with E-state index in [1.54, 1.807) is 23.7 Å². The second kappa shape index (κ2) is 6.99. The van der Waals surface area contributed by atoms with Crippen LogP contribution in [0.5, 0.6) is 11.5 Å². The highest BCUT2D eigenvalue weighted by Crippen LogP contribution is 2.36. The van der Waals surface area contributed by atoms with Crippen LogP contribution in [-0.4, -0.2) is 41.5 Å². The van der Waals surface area contributed by atoms with Gasteiger partial charge in [0, 0.05) is 32.4 Å². The molecule has 1 N–H and O–H groups in total. The maximum atomic E-state index is 11.9. The Morgan fingerprint density at radius 1 is 1.38 bits per heavy atom. The molecule has 1 atom stereocenters. The number of nitrogens with zero attached hydrogens (tertiary/aromatic N) is 3. The molecule has 0 spiro atoms. The van der Waals surface area contributed by atoms with Crippen molar-refractivity contribution in [1.82, 2.24) is 20.0 Å². The van der Waals surface area contributed by atoms with Crippen molar-refractivity contribution in [1.29, 1.82) is 0 Å². The number of amides is 1. The van der Waals surface area contributed by atoms with Crippen molar-refractivity contribution in [3.8, 4) is 11.5 Å². The lowest BCUT2D eigenvalue weighted by Gasteiger charge is -2.22. The van der Waals surface area contributed by atoms with E-state index in [9.17, 15) is 4.79 Å². The Morgan fingerprint density at radius 3 is 3.12 bits per heavy atom. The molecule has 0 fully saturated rings. The molecule has 2 aromatic rings. The molecule has 0 saturated carbocycles. The Hall–Kier alpha value is -2.54. The third-order valence-electron chi connectivity index (χ3n) is 4.95. The largest absolute Gasteiger partial charge is 0.454 e. The van der Waals surface area contributed by atoms with Crippen molar-refractivity contribution in [2.75, 3.05) is 20.9 Å².